The van der Waals surface area contributed by atoms with Gasteiger partial charge in [0.25, 0.3) is 0 Å². The molecule has 6 nitrogen and oxygen atoms in total. The minimum Gasteiger partial charge on any atom is -0.375 e. The van der Waals surface area contributed by atoms with Crippen LogP contribution in [0, 0.1) is 0 Å². The van der Waals surface area contributed by atoms with Gasteiger partial charge in [-0.15, -0.1) is 0 Å². The number of hydrogen-bond acceptors (Lipinski definition) is 4. The second-order valence-electron chi connectivity index (χ2n) is 7.95. The Hall–Kier alpha value is -2.38. The van der Waals surface area contributed by atoms with Crippen LogP contribution in [0.2, 0.25) is 0 Å². The van der Waals surface area contributed by atoms with Crippen LogP contribution in [0.4, 0.5) is 5.69 Å². The molecule has 2 aromatic carbocycles. The molecule has 1 N–H and O–H groups in total. The van der Waals surface area contributed by atoms with E-state index in [2.05, 4.69) is 26.1 Å². The highest BCUT2D eigenvalue weighted by Crippen LogP contribution is 2.25. The van der Waals surface area contributed by atoms with E-state index in [9.17, 15) is 13.2 Å². The summed E-state index contributed by atoms with van der Waals surface area (Å²) in [6.45, 7) is 7.11. The van der Waals surface area contributed by atoms with Crippen LogP contribution in [-0.2, 0) is 31.6 Å². The molecule has 29 heavy (non-hydrogen) atoms. The van der Waals surface area contributed by atoms with Gasteiger partial charge in [0.05, 0.1) is 25.2 Å². The fourth-order valence-electron chi connectivity index (χ4n) is 2.74. The minimum atomic E-state index is -3.59. The maximum Gasteiger partial charge on any atom is 0.240 e. The van der Waals surface area contributed by atoms with Crippen LogP contribution in [0.3, 0.4) is 0 Å². The van der Waals surface area contributed by atoms with E-state index in [1.807, 2.05) is 42.5 Å². The van der Waals surface area contributed by atoms with Crippen molar-refractivity contribution in [1.29, 1.82) is 0 Å². The first-order valence-electron chi connectivity index (χ1n) is 9.54. The van der Waals surface area contributed by atoms with Gasteiger partial charge in [-0.2, -0.15) is 0 Å². The molecule has 0 aliphatic carbocycles. The molecule has 0 spiro atoms. The predicted octanol–water partition coefficient (Wildman–Crippen LogP) is 3.08. The number of rotatable bonds is 9. The van der Waals surface area contributed by atoms with E-state index >= 15 is 0 Å². The van der Waals surface area contributed by atoms with Gasteiger partial charge in [0.2, 0.25) is 15.9 Å². The maximum absolute atomic E-state index is 12.3. The summed E-state index contributed by atoms with van der Waals surface area (Å²) >= 11 is 0. The van der Waals surface area contributed by atoms with Gasteiger partial charge >= 0.3 is 0 Å². The van der Waals surface area contributed by atoms with Crippen LogP contribution < -0.4 is 9.62 Å². The van der Waals surface area contributed by atoms with Crippen molar-refractivity contribution in [3.8, 4) is 0 Å². The molecule has 0 aliphatic heterocycles. The summed E-state index contributed by atoms with van der Waals surface area (Å²) in [6.07, 6.45) is 1.10. The molecule has 1 amide bonds. The number of nitrogens with one attached hydrogen (secondary N) is 1. The maximum atomic E-state index is 12.3. The second-order valence-corrected chi connectivity index (χ2v) is 9.86. The summed E-state index contributed by atoms with van der Waals surface area (Å²) in [5.74, 6) is -0.376. The monoisotopic (exact) mass is 418 g/mol. The Bertz CT molecular complexity index is 889. The Morgan fingerprint density at radius 2 is 1.66 bits per heavy atom. The normalized spacial score (nSPS) is 11.9. The van der Waals surface area contributed by atoms with Gasteiger partial charge in [-0.1, -0.05) is 63.2 Å². The van der Waals surface area contributed by atoms with Crippen LogP contribution in [-0.4, -0.2) is 40.3 Å². The smallest absolute Gasteiger partial charge is 0.240 e. The van der Waals surface area contributed by atoms with Crippen LogP contribution in [0.5, 0.6) is 0 Å². The van der Waals surface area contributed by atoms with Gasteiger partial charge in [0, 0.05) is 6.54 Å². The molecule has 0 saturated carbocycles. The molecular weight excluding hydrogens is 388 g/mol. The fourth-order valence-corrected chi connectivity index (χ4v) is 3.60. The Labute approximate surface area is 173 Å². The summed E-state index contributed by atoms with van der Waals surface area (Å²) in [4.78, 5) is 12.3. The van der Waals surface area contributed by atoms with Gasteiger partial charge in [0.1, 0.15) is 6.54 Å². The van der Waals surface area contributed by atoms with Crippen molar-refractivity contribution in [2.75, 3.05) is 30.3 Å². The Morgan fingerprint density at radius 1 is 1.03 bits per heavy atom. The average molecular weight is 419 g/mol. The van der Waals surface area contributed by atoms with Crippen molar-refractivity contribution in [2.24, 2.45) is 0 Å². The Balaban J connectivity index is 1.88. The van der Waals surface area contributed by atoms with Crippen molar-refractivity contribution >= 4 is 21.6 Å². The number of sulfonamides is 1. The third kappa shape index (κ3) is 7.51. The van der Waals surface area contributed by atoms with Crippen LogP contribution in [0.25, 0.3) is 0 Å². The summed E-state index contributed by atoms with van der Waals surface area (Å²) in [5, 5.41) is 2.71. The summed E-state index contributed by atoms with van der Waals surface area (Å²) in [6, 6.07) is 17.0. The zero-order valence-corrected chi connectivity index (χ0v) is 18.3. The molecule has 0 atom stereocenters. The number of hydrogen-bond donors (Lipinski definition) is 1. The largest absolute Gasteiger partial charge is 0.375 e. The average Bonchev–Trinajstić information content (AvgIpc) is 2.65. The van der Waals surface area contributed by atoms with E-state index in [1.165, 1.54) is 0 Å². The molecular formula is C22H30N2O4S. The molecule has 0 aromatic heterocycles. The Kier molecular flexibility index (Phi) is 7.81. The van der Waals surface area contributed by atoms with E-state index in [0.29, 0.717) is 25.4 Å². The highest BCUT2D eigenvalue weighted by molar-refractivity contribution is 7.92. The van der Waals surface area contributed by atoms with Crippen molar-refractivity contribution in [3.63, 3.8) is 0 Å². The topological polar surface area (TPSA) is 75.7 Å². The number of nitrogens with zero attached hydrogens (tertiary/aromatic N) is 1. The van der Waals surface area contributed by atoms with E-state index in [4.69, 9.17) is 4.74 Å². The molecule has 0 radical (unpaired) electrons. The van der Waals surface area contributed by atoms with Crippen molar-refractivity contribution in [3.05, 3.63) is 65.7 Å². The van der Waals surface area contributed by atoms with E-state index in [0.717, 1.165) is 21.7 Å². The number of ether oxygens (including phenoxy) is 1. The van der Waals surface area contributed by atoms with E-state index in [1.54, 1.807) is 12.1 Å². The van der Waals surface area contributed by atoms with Crippen molar-refractivity contribution < 1.29 is 17.9 Å². The lowest BCUT2D eigenvalue weighted by atomic mass is 9.87. The number of benzene rings is 2. The van der Waals surface area contributed by atoms with Gasteiger partial charge in [-0.3, -0.25) is 9.10 Å². The zero-order chi connectivity index (χ0) is 21.5. The molecule has 0 heterocycles. The molecule has 0 unspecified atom stereocenters. The lowest BCUT2D eigenvalue weighted by Crippen LogP contribution is -2.41. The van der Waals surface area contributed by atoms with Crippen LogP contribution >= 0.6 is 0 Å². The van der Waals surface area contributed by atoms with Gasteiger partial charge in [-0.05, 0) is 28.7 Å². The van der Waals surface area contributed by atoms with Gasteiger partial charge in [0.15, 0.2) is 0 Å². The predicted molar refractivity (Wildman–Crippen MR) is 116 cm³/mol. The quantitative estimate of drug-likeness (QED) is 0.635. The molecule has 0 fully saturated rings. The lowest BCUT2D eigenvalue weighted by Gasteiger charge is -2.24. The number of anilines is 1. The van der Waals surface area contributed by atoms with E-state index < -0.39 is 10.0 Å². The highest BCUT2D eigenvalue weighted by Gasteiger charge is 2.21. The summed E-state index contributed by atoms with van der Waals surface area (Å²) in [5.41, 5.74) is 2.58. The molecule has 2 rings (SSSR count). The van der Waals surface area contributed by atoms with Gasteiger partial charge in [-0.25, -0.2) is 8.42 Å². The van der Waals surface area contributed by atoms with E-state index in [-0.39, 0.29) is 17.9 Å². The lowest BCUT2D eigenvalue weighted by molar-refractivity contribution is -0.119. The third-order valence-corrected chi connectivity index (χ3v) is 5.53. The third-order valence-electron chi connectivity index (χ3n) is 4.39. The molecule has 0 saturated heterocycles. The summed E-state index contributed by atoms with van der Waals surface area (Å²) < 4.78 is 31.0. The van der Waals surface area contributed by atoms with Gasteiger partial charge < -0.3 is 10.1 Å². The van der Waals surface area contributed by atoms with Crippen molar-refractivity contribution in [1.82, 2.24) is 5.32 Å². The van der Waals surface area contributed by atoms with Crippen LogP contribution in [0.15, 0.2) is 54.6 Å². The minimum absolute atomic E-state index is 0.0361. The first-order valence-corrected chi connectivity index (χ1v) is 11.4. The number of carbonyl (C=O) groups is 1. The molecule has 0 aliphatic rings. The SMILES string of the molecule is CC(C)(C)c1ccc(N(CC(=O)NCCOCc2ccccc2)S(C)(=O)=O)cc1. The second kappa shape index (κ2) is 9.89. The molecule has 2 aromatic rings. The molecule has 7 heteroatoms. The highest BCUT2D eigenvalue weighted by atomic mass is 32.2. The number of amides is 1. The Morgan fingerprint density at radius 3 is 2.21 bits per heavy atom. The summed E-state index contributed by atoms with van der Waals surface area (Å²) in [7, 11) is -3.59. The standard InChI is InChI=1S/C22H30N2O4S/c1-22(2,3)19-10-12-20(13-11-19)24(29(4,26)27)16-21(25)23-14-15-28-17-18-8-6-5-7-9-18/h5-13H,14-17H2,1-4H3,(H,23,25). The number of carbonyl (C=O) groups excluding carboxylic acids is 1. The van der Waals surface area contributed by atoms with Crippen LogP contribution in [0.1, 0.15) is 31.9 Å². The van der Waals surface area contributed by atoms with Crippen molar-refractivity contribution in [2.45, 2.75) is 32.8 Å². The first-order chi connectivity index (χ1) is 13.6. The molecule has 158 valence electrons. The zero-order valence-electron chi connectivity index (χ0n) is 17.5. The first kappa shape index (κ1) is 22.9. The molecule has 0 bridgehead atoms. The fraction of sp³-hybridized carbons (Fsp3) is 0.409.